The average molecular weight is 345 g/mol. The van der Waals surface area contributed by atoms with Crippen molar-refractivity contribution in [1.82, 2.24) is 4.90 Å². The number of aliphatic hydroxyl groups is 1. The number of aldehydes is 1. The Morgan fingerprint density at radius 1 is 1.00 bits per heavy atom. The second-order valence-corrected chi connectivity index (χ2v) is 6.69. The Morgan fingerprint density at radius 3 is 1.88 bits per heavy atom. The van der Waals surface area contributed by atoms with Gasteiger partial charge in [0.1, 0.15) is 12.3 Å². The summed E-state index contributed by atoms with van der Waals surface area (Å²) < 4.78 is 0. The summed E-state index contributed by atoms with van der Waals surface area (Å²) in [5.41, 5.74) is 0.593. The van der Waals surface area contributed by atoms with Crippen LogP contribution in [0.15, 0.2) is 24.3 Å². The van der Waals surface area contributed by atoms with Crippen molar-refractivity contribution in [2.24, 2.45) is 5.92 Å². The van der Waals surface area contributed by atoms with Crippen LogP contribution in [0.5, 0.6) is 0 Å². The Hall–Kier alpha value is -2.01. The van der Waals surface area contributed by atoms with Crippen molar-refractivity contribution in [3.05, 3.63) is 35.4 Å². The number of imide groups is 1. The fraction of sp³-hybridized carbons (Fsp3) is 0.550. The van der Waals surface area contributed by atoms with Gasteiger partial charge in [-0.3, -0.25) is 14.5 Å². The minimum absolute atomic E-state index is 0.0978. The molecule has 0 aromatic heterocycles. The highest BCUT2D eigenvalue weighted by atomic mass is 16.3. The van der Waals surface area contributed by atoms with Crippen molar-refractivity contribution in [1.29, 1.82) is 0 Å². The molecule has 1 aromatic carbocycles. The summed E-state index contributed by atoms with van der Waals surface area (Å²) >= 11 is 0. The molecule has 0 bridgehead atoms. The van der Waals surface area contributed by atoms with Crippen molar-refractivity contribution < 1.29 is 19.5 Å². The number of benzene rings is 1. The van der Waals surface area contributed by atoms with Crippen LogP contribution in [0.25, 0.3) is 0 Å². The molecule has 1 aliphatic heterocycles. The van der Waals surface area contributed by atoms with E-state index in [9.17, 15) is 19.5 Å². The third-order valence-corrected chi connectivity index (χ3v) is 4.95. The summed E-state index contributed by atoms with van der Waals surface area (Å²) in [6.07, 6.45) is 4.95. The number of amides is 2. The lowest BCUT2D eigenvalue weighted by atomic mass is 9.87. The Kier molecular flexibility index (Phi) is 6.88. The zero-order valence-corrected chi connectivity index (χ0v) is 15.0. The van der Waals surface area contributed by atoms with Crippen molar-refractivity contribution in [3.8, 4) is 0 Å². The first-order chi connectivity index (χ1) is 12.1. The fourth-order valence-electron chi connectivity index (χ4n) is 3.47. The topological polar surface area (TPSA) is 74.7 Å². The number of aliphatic hydroxyl groups excluding tert-OH is 1. The number of carbonyl (C=O) groups excluding carboxylic acids is 3. The van der Waals surface area contributed by atoms with Crippen molar-refractivity contribution >= 4 is 18.1 Å². The van der Waals surface area contributed by atoms with Gasteiger partial charge in [0, 0.05) is 0 Å². The van der Waals surface area contributed by atoms with Crippen LogP contribution < -0.4 is 0 Å². The van der Waals surface area contributed by atoms with Gasteiger partial charge in [-0.1, -0.05) is 51.7 Å². The van der Waals surface area contributed by atoms with Crippen molar-refractivity contribution in [2.45, 2.75) is 64.5 Å². The fourth-order valence-corrected chi connectivity index (χ4v) is 3.47. The van der Waals surface area contributed by atoms with Crippen LogP contribution >= 0.6 is 0 Å². The predicted octanol–water partition coefficient (Wildman–Crippen LogP) is 3.21. The van der Waals surface area contributed by atoms with E-state index in [2.05, 4.69) is 13.8 Å². The standard InChI is InChI=1S/C20H27NO4/c1-3-5-9-14(10-6-4-2)18(23)17(13-22)21-19(24)15-11-7-8-12-16(15)20(21)25/h7-8,11-14,17-18,23H,3-6,9-10H2,1-2H3/t17-,18+/m1/s1. The van der Waals surface area contributed by atoms with Crippen molar-refractivity contribution in [2.75, 3.05) is 0 Å². The molecule has 1 N–H and O–H groups in total. The number of fused-ring (bicyclic) bond motifs is 1. The van der Waals surface area contributed by atoms with E-state index in [0.717, 1.165) is 43.4 Å². The van der Waals surface area contributed by atoms with E-state index in [4.69, 9.17) is 0 Å². The number of carbonyl (C=O) groups is 3. The third kappa shape index (κ3) is 3.98. The van der Waals surface area contributed by atoms with Crippen molar-refractivity contribution in [3.63, 3.8) is 0 Å². The Morgan fingerprint density at radius 2 is 1.48 bits per heavy atom. The first-order valence-corrected chi connectivity index (χ1v) is 9.17. The SMILES string of the molecule is CCCCC(CCCC)[C@H](O)[C@@H](C=O)N1C(=O)c2ccccc2C1=O. The molecule has 0 fully saturated rings. The lowest BCUT2D eigenvalue weighted by Gasteiger charge is -2.31. The zero-order valence-electron chi connectivity index (χ0n) is 15.0. The van der Waals surface area contributed by atoms with Gasteiger partial charge in [-0.2, -0.15) is 0 Å². The zero-order chi connectivity index (χ0) is 18.4. The van der Waals surface area contributed by atoms with E-state index in [-0.39, 0.29) is 5.92 Å². The van der Waals surface area contributed by atoms with Crippen LogP contribution in [0.3, 0.4) is 0 Å². The molecule has 2 atom stereocenters. The molecule has 5 nitrogen and oxygen atoms in total. The van der Waals surface area contributed by atoms with E-state index in [0.29, 0.717) is 17.4 Å². The average Bonchev–Trinajstić information content (AvgIpc) is 2.88. The maximum absolute atomic E-state index is 12.6. The molecule has 0 spiro atoms. The molecule has 136 valence electrons. The summed E-state index contributed by atoms with van der Waals surface area (Å²) in [4.78, 5) is 37.9. The molecule has 1 heterocycles. The molecular weight excluding hydrogens is 318 g/mol. The van der Waals surface area contributed by atoms with E-state index in [1.165, 1.54) is 0 Å². The summed E-state index contributed by atoms with van der Waals surface area (Å²) in [7, 11) is 0. The molecule has 0 radical (unpaired) electrons. The van der Waals surface area contributed by atoms with Gasteiger partial charge in [0.2, 0.25) is 0 Å². The number of hydrogen-bond donors (Lipinski definition) is 1. The number of unbranched alkanes of at least 4 members (excludes halogenated alkanes) is 2. The second kappa shape index (κ2) is 8.90. The number of nitrogens with zero attached hydrogens (tertiary/aromatic N) is 1. The Bertz CT molecular complexity index is 585. The highest BCUT2D eigenvalue weighted by Gasteiger charge is 2.43. The summed E-state index contributed by atoms with van der Waals surface area (Å²) in [6.45, 7) is 4.15. The molecule has 0 saturated heterocycles. The second-order valence-electron chi connectivity index (χ2n) is 6.69. The molecule has 0 saturated carbocycles. The summed E-state index contributed by atoms with van der Waals surface area (Å²) in [6, 6.07) is 5.40. The van der Waals surface area contributed by atoms with Crippen LogP contribution in [0, 0.1) is 5.92 Å². The van der Waals surface area contributed by atoms with Gasteiger partial charge in [-0.25, -0.2) is 0 Å². The molecular formula is C20H27NO4. The van der Waals surface area contributed by atoms with Gasteiger partial charge in [0.15, 0.2) is 0 Å². The summed E-state index contributed by atoms with van der Waals surface area (Å²) in [5, 5.41) is 10.8. The molecule has 0 aliphatic carbocycles. The summed E-state index contributed by atoms with van der Waals surface area (Å²) in [5.74, 6) is -1.10. The molecule has 0 unspecified atom stereocenters. The van der Waals surface area contributed by atoms with E-state index in [1.807, 2.05) is 0 Å². The monoisotopic (exact) mass is 345 g/mol. The first kappa shape index (κ1) is 19.3. The molecule has 2 rings (SSSR count). The van der Waals surface area contributed by atoms with Gasteiger partial charge >= 0.3 is 0 Å². The van der Waals surface area contributed by atoms with Crippen LogP contribution in [0.4, 0.5) is 0 Å². The minimum atomic E-state index is -1.13. The molecule has 1 aliphatic rings. The number of rotatable bonds is 10. The molecule has 1 aromatic rings. The van der Waals surface area contributed by atoms with Gasteiger partial charge < -0.3 is 9.90 Å². The van der Waals surface area contributed by atoms with Crippen LogP contribution in [0.2, 0.25) is 0 Å². The Balaban J connectivity index is 2.24. The van der Waals surface area contributed by atoms with Crippen LogP contribution in [0.1, 0.15) is 73.1 Å². The quantitative estimate of drug-likeness (QED) is 0.522. The normalized spacial score (nSPS) is 16.2. The van der Waals surface area contributed by atoms with E-state index < -0.39 is 24.0 Å². The minimum Gasteiger partial charge on any atom is -0.390 e. The molecule has 5 heteroatoms. The highest BCUT2D eigenvalue weighted by Crippen LogP contribution is 2.29. The predicted molar refractivity (Wildman–Crippen MR) is 95.3 cm³/mol. The smallest absolute Gasteiger partial charge is 0.262 e. The van der Waals surface area contributed by atoms with Gasteiger partial charge in [-0.05, 0) is 30.9 Å². The largest absolute Gasteiger partial charge is 0.390 e. The lowest BCUT2D eigenvalue weighted by Crippen LogP contribution is -2.50. The Labute approximate surface area is 149 Å². The lowest BCUT2D eigenvalue weighted by molar-refractivity contribution is -0.115. The van der Waals surface area contributed by atoms with E-state index in [1.54, 1.807) is 24.3 Å². The van der Waals surface area contributed by atoms with Gasteiger partial charge in [0.05, 0.1) is 17.2 Å². The first-order valence-electron chi connectivity index (χ1n) is 9.17. The molecule has 25 heavy (non-hydrogen) atoms. The van der Waals surface area contributed by atoms with E-state index >= 15 is 0 Å². The van der Waals surface area contributed by atoms with Crippen LogP contribution in [-0.2, 0) is 4.79 Å². The maximum atomic E-state index is 12.6. The van der Waals surface area contributed by atoms with Gasteiger partial charge in [0.25, 0.3) is 11.8 Å². The third-order valence-electron chi connectivity index (χ3n) is 4.95. The molecule has 2 amide bonds. The maximum Gasteiger partial charge on any atom is 0.262 e. The van der Waals surface area contributed by atoms with Gasteiger partial charge in [-0.15, -0.1) is 0 Å². The number of hydrogen-bond acceptors (Lipinski definition) is 4. The van der Waals surface area contributed by atoms with Crippen LogP contribution in [-0.4, -0.2) is 40.3 Å². The highest BCUT2D eigenvalue weighted by molar-refractivity contribution is 6.22.